The Hall–Kier alpha value is -1.07. The van der Waals surface area contributed by atoms with Crippen molar-refractivity contribution in [2.75, 3.05) is 18.9 Å². The molecular formula is C12H16N2O2S. The highest BCUT2D eigenvalue weighted by Gasteiger charge is 2.15. The highest BCUT2D eigenvalue weighted by Crippen LogP contribution is 2.13. The molecule has 1 N–H and O–H groups in total. The first-order chi connectivity index (χ1) is 8.34. The first-order valence-corrected chi connectivity index (χ1v) is 6.75. The Balaban J connectivity index is 1.64. The molecule has 0 saturated carbocycles. The molecule has 1 aliphatic heterocycles. The van der Waals surface area contributed by atoms with Gasteiger partial charge >= 0.3 is 0 Å². The largest absolute Gasteiger partial charge is 0.376 e. The van der Waals surface area contributed by atoms with Crippen molar-refractivity contribution in [1.82, 2.24) is 10.3 Å². The van der Waals surface area contributed by atoms with Gasteiger partial charge in [0.2, 0.25) is 5.91 Å². The van der Waals surface area contributed by atoms with Crippen LogP contribution in [-0.4, -0.2) is 35.9 Å². The van der Waals surface area contributed by atoms with Crippen LogP contribution in [-0.2, 0) is 9.53 Å². The summed E-state index contributed by atoms with van der Waals surface area (Å²) in [6.45, 7) is 1.45. The van der Waals surface area contributed by atoms with Gasteiger partial charge in [-0.2, -0.15) is 0 Å². The third kappa shape index (κ3) is 4.36. The molecule has 0 bridgehead atoms. The van der Waals surface area contributed by atoms with Crippen molar-refractivity contribution >= 4 is 17.7 Å². The summed E-state index contributed by atoms with van der Waals surface area (Å²) in [5, 5.41) is 3.76. The number of nitrogens with zero attached hydrogens (tertiary/aromatic N) is 1. The fraction of sp³-hybridized carbons (Fsp3) is 0.500. The third-order valence-electron chi connectivity index (χ3n) is 2.54. The van der Waals surface area contributed by atoms with Crippen molar-refractivity contribution in [1.29, 1.82) is 0 Å². The van der Waals surface area contributed by atoms with Crippen molar-refractivity contribution < 1.29 is 9.53 Å². The van der Waals surface area contributed by atoms with E-state index in [-0.39, 0.29) is 12.0 Å². The van der Waals surface area contributed by atoms with Crippen LogP contribution in [0.25, 0.3) is 0 Å². The molecule has 1 amide bonds. The second-order valence-electron chi connectivity index (χ2n) is 3.90. The first-order valence-electron chi connectivity index (χ1n) is 5.77. The maximum Gasteiger partial charge on any atom is 0.230 e. The van der Waals surface area contributed by atoms with E-state index in [0.717, 1.165) is 24.5 Å². The minimum absolute atomic E-state index is 0.0381. The summed E-state index contributed by atoms with van der Waals surface area (Å²) in [6.07, 6.45) is 4.09. The Bertz CT molecular complexity index is 353. The highest BCUT2D eigenvalue weighted by atomic mass is 32.2. The predicted octanol–water partition coefficient (Wildman–Crippen LogP) is 1.47. The second-order valence-corrected chi connectivity index (χ2v) is 4.89. The SMILES string of the molecule is O=C(CSc1ccccn1)NC[C@@H]1CCCO1. The lowest BCUT2D eigenvalue weighted by Gasteiger charge is -2.10. The van der Waals surface area contributed by atoms with Crippen molar-refractivity contribution in [3.05, 3.63) is 24.4 Å². The topological polar surface area (TPSA) is 51.2 Å². The Morgan fingerprint density at radius 2 is 2.53 bits per heavy atom. The molecule has 1 aromatic rings. The van der Waals surface area contributed by atoms with E-state index in [1.165, 1.54) is 11.8 Å². The van der Waals surface area contributed by atoms with Crippen LogP contribution in [0.4, 0.5) is 0 Å². The molecule has 4 nitrogen and oxygen atoms in total. The maximum absolute atomic E-state index is 11.6. The number of carbonyl (C=O) groups is 1. The van der Waals surface area contributed by atoms with Gasteiger partial charge in [-0.3, -0.25) is 4.79 Å². The number of nitrogens with one attached hydrogen (secondary N) is 1. The van der Waals surface area contributed by atoms with E-state index in [1.807, 2.05) is 18.2 Å². The summed E-state index contributed by atoms with van der Waals surface area (Å²) in [4.78, 5) is 15.7. The zero-order valence-corrected chi connectivity index (χ0v) is 10.4. The average Bonchev–Trinajstić information content (AvgIpc) is 2.88. The fourth-order valence-electron chi connectivity index (χ4n) is 1.66. The van der Waals surface area contributed by atoms with E-state index in [4.69, 9.17) is 4.74 Å². The van der Waals surface area contributed by atoms with Gasteiger partial charge in [0.1, 0.15) is 0 Å². The molecule has 0 unspecified atom stereocenters. The molecular weight excluding hydrogens is 236 g/mol. The van der Waals surface area contributed by atoms with Crippen LogP contribution in [0, 0.1) is 0 Å². The standard InChI is InChI=1S/C12H16N2O2S/c15-11(14-8-10-4-3-7-16-10)9-17-12-5-1-2-6-13-12/h1-2,5-6,10H,3-4,7-9H2,(H,14,15)/t10-/m0/s1. The fourth-order valence-corrected chi connectivity index (χ4v) is 2.35. The summed E-state index contributed by atoms with van der Waals surface area (Å²) < 4.78 is 5.43. The highest BCUT2D eigenvalue weighted by molar-refractivity contribution is 7.99. The number of carbonyl (C=O) groups excluding carboxylic acids is 1. The third-order valence-corrected chi connectivity index (χ3v) is 3.48. The van der Waals surface area contributed by atoms with E-state index >= 15 is 0 Å². The Morgan fingerprint density at radius 3 is 3.24 bits per heavy atom. The first kappa shape index (κ1) is 12.4. The van der Waals surface area contributed by atoms with Gasteiger partial charge < -0.3 is 10.1 Å². The van der Waals surface area contributed by atoms with Crippen molar-refractivity contribution in [2.24, 2.45) is 0 Å². The molecule has 5 heteroatoms. The van der Waals surface area contributed by atoms with E-state index < -0.39 is 0 Å². The summed E-state index contributed by atoms with van der Waals surface area (Å²) in [6, 6.07) is 5.68. The van der Waals surface area contributed by atoms with Gasteiger partial charge in [0.15, 0.2) is 0 Å². The van der Waals surface area contributed by atoms with Crippen molar-refractivity contribution in [3.63, 3.8) is 0 Å². The quantitative estimate of drug-likeness (QED) is 0.806. The minimum Gasteiger partial charge on any atom is -0.376 e. The van der Waals surface area contributed by atoms with E-state index in [9.17, 15) is 4.79 Å². The lowest BCUT2D eigenvalue weighted by atomic mass is 10.2. The number of ether oxygens (including phenoxy) is 1. The van der Waals surface area contributed by atoms with Crippen LogP contribution in [0.5, 0.6) is 0 Å². The summed E-state index contributed by atoms with van der Waals surface area (Å²) >= 11 is 1.45. The molecule has 17 heavy (non-hydrogen) atoms. The molecule has 0 radical (unpaired) electrons. The smallest absolute Gasteiger partial charge is 0.230 e. The number of hydrogen-bond donors (Lipinski definition) is 1. The number of rotatable bonds is 5. The molecule has 1 atom stereocenters. The minimum atomic E-state index is 0.0381. The van der Waals surface area contributed by atoms with Crippen LogP contribution in [0.2, 0.25) is 0 Å². The Kier molecular flexibility index (Phi) is 4.82. The summed E-state index contributed by atoms with van der Waals surface area (Å²) in [7, 11) is 0. The zero-order valence-electron chi connectivity index (χ0n) is 9.59. The number of aromatic nitrogens is 1. The van der Waals surface area contributed by atoms with Gasteiger partial charge in [-0.1, -0.05) is 17.8 Å². The molecule has 0 aliphatic carbocycles. The number of thioether (sulfide) groups is 1. The number of hydrogen-bond acceptors (Lipinski definition) is 4. The summed E-state index contributed by atoms with van der Waals surface area (Å²) in [5.41, 5.74) is 0. The monoisotopic (exact) mass is 252 g/mol. The predicted molar refractivity (Wildman–Crippen MR) is 66.9 cm³/mol. The maximum atomic E-state index is 11.6. The summed E-state index contributed by atoms with van der Waals surface area (Å²) in [5.74, 6) is 0.445. The van der Waals surface area contributed by atoms with Crippen LogP contribution in [0.1, 0.15) is 12.8 Å². The van der Waals surface area contributed by atoms with Gasteiger partial charge in [-0.25, -0.2) is 4.98 Å². The lowest BCUT2D eigenvalue weighted by Crippen LogP contribution is -2.32. The van der Waals surface area contributed by atoms with Gasteiger partial charge in [-0.05, 0) is 25.0 Å². The van der Waals surface area contributed by atoms with Crippen LogP contribution in [0.3, 0.4) is 0 Å². The van der Waals surface area contributed by atoms with Gasteiger partial charge in [-0.15, -0.1) is 0 Å². The van der Waals surface area contributed by atoms with E-state index in [2.05, 4.69) is 10.3 Å². The molecule has 2 rings (SSSR count). The molecule has 1 aromatic heterocycles. The zero-order chi connectivity index (χ0) is 11.9. The Morgan fingerprint density at radius 1 is 1.59 bits per heavy atom. The average molecular weight is 252 g/mol. The van der Waals surface area contributed by atoms with Gasteiger partial charge in [0.25, 0.3) is 0 Å². The second kappa shape index (κ2) is 6.61. The number of pyridine rings is 1. The Labute approximate surface area is 105 Å². The lowest BCUT2D eigenvalue weighted by molar-refractivity contribution is -0.119. The molecule has 0 spiro atoms. The number of amides is 1. The van der Waals surface area contributed by atoms with Crippen molar-refractivity contribution in [3.8, 4) is 0 Å². The molecule has 0 aromatic carbocycles. The van der Waals surface area contributed by atoms with Crippen LogP contribution < -0.4 is 5.32 Å². The van der Waals surface area contributed by atoms with Gasteiger partial charge in [0.05, 0.1) is 16.9 Å². The molecule has 1 fully saturated rings. The van der Waals surface area contributed by atoms with E-state index in [1.54, 1.807) is 6.20 Å². The normalized spacial score (nSPS) is 19.2. The molecule has 92 valence electrons. The molecule has 1 saturated heterocycles. The van der Waals surface area contributed by atoms with Gasteiger partial charge in [0, 0.05) is 19.3 Å². The van der Waals surface area contributed by atoms with E-state index in [0.29, 0.717) is 12.3 Å². The van der Waals surface area contributed by atoms with Crippen molar-refractivity contribution in [2.45, 2.75) is 24.0 Å². The molecule has 1 aliphatic rings. The van der Waals surface area contributed by atoms with Crippen LogP contribution in [0.15, 0.2) is 29.4 Å². The molecule has 2 heterocycles. The van der Waals surface area contributed by atoms with Crippen LogP contribution >= 0.6 is 11.8 Å².